The maximum Gasteiger partial charge on any atom is 0.186 e. The molecule has 0 spiro atoms. The molecule has 7 heteroatoms. The molecule has 0 N–H and O–H groups in total. The Kier molecular flexibility index (Phi) is 10.4. The molecule has 190 valence electrons. The van der Waals surface area contributed by atoms with Crippen LogP contribution in [0.3, 0.4) is 0 Å². The van der Waals surface area contributed by atoms with Crippen LogP contribution in [0.1, 0.15) is 70.0 Å². The van der Waals surface area contributed by atoms with Crippen molar-refractivity contribution in [2.75, 3.05) is 41.3 Å². The summed E-state index contributed by atoms with van der Waals surface area (Å²) in [6, 6.07) is 8.23. The molecule has 0 saturated heterocycles. The highest BCUT2D eigenvalue weighted by Crippen LogP contribution is 2.47. The molecule has 0 aliphatic heterocycles. The summed E-state index contributed by atoms with van der Waals surface area (Å²) in [5.41, 5.74) is 2.90. The fraction of sp³-hybridized carbons (Fsp3) is 0.500. The van der Waals surface area contributed by atoms with Crippen LogP contribution in [0.25, 0.3) is 19.5 Å². The summed E-state index contributed by atoms with van der Waals surface area (Å²) in [5, 5.41) is 0. The SMILES string of the molecule is CCCCc1c(-c2ccc(C(=O)CN(C)C)s2)sc(-c2ccc(C(=O)CN(C)C)s2)c1CCCC. The number of unbranched alkanes of at least 4 members (excludes halogenated alkanes) is 2. The fourth-order valence-electron chi connectivity index (χ4n) is 4.08. The Morgan fingerprint density at radius 3 is 1.40 bits per heavy atom. The minimum atomic E-state index is 0.173. The molecule has 3 heterocycles. The molecule has 0 aliphatic carbocycles. The van der Waals surface area contributed by atoms with Crippen molar-refractivity contribution in [1.82, 2.24) is 9.80 Å². The van der Waals surface area contributed by atoms with E-state index in [0.29, 0.717) is 13.1 Å². The topological polar surface area (TPSA) is 40.6 Å². The van der Waals surface area contributed by atoms with E-state index in [1.807, 2.05) is 61.5 Å². The minimum absolute atomic E-state index is 0.173. The molecule has 0 bridgehead atoms. The highest BCUT2D eigenvalue weighted by molar-refractivity contribution is 7.27. The summed E-state index contributed by atoms with van der Waals surface area (Å²) in [5.74, 6) is 0.346. The maximum absolute atomic E-state index is 12.7. The van der Waals surface area contributed by atoms with Crippen molar-refractivity contribution in [2.24, 2.45) is 0 Å². The van der Waals surface area contributed by atoms with Gasteiger partial charge in [-0.25, -0.2) is 0 Å². The monoisotopic (exact) mass is 530 g/mol. The number of likely N-dealkylation sites (N-methyl/N-ethyl adjacent to an activating group) is 2. The van der Waals surface area contributed by atoms with E-state index in [-0.39, 0.29) is 11.6 Å². The third-order valence-corrected chi connectivity index (χ3v) is 9.69. The van der Waals surface area contributed by atoms with Gasteiger partial charge >= 0.3 is 0 Å². The van der Waals surface area contributed by atoms with Crippen molar-refractivity contribution in [3.63, 3.8) is 0 Å². The number of Topliss-reactive ketones (excluding diaryl/α,β-unsaturated/α-hetero) is 2. The minimum Gasteiger partial charge on any atom is -0.302 e. The number of carbonyl (C=O) groups excluding carboxylic acids is 2. The van der Waals surface area contributed by atoms with Crippen molar-refractivity contribution in [3.8, 4) is 19.5 Å². The third-order valence-electron chi connectivity index (χ3n) is 5.81. The molecular weight excluding hydrogens is 493 g/mol. The van der Waals surface area contributed by atoms with Gasteiger partial charge in [0.05, 0.1) is 22.8 Å². The number of hydrogen-bond acceptors (Lipinski definition) is 7. The number of ketones is 2. The van der Waals surface area contributed by atoms with Gasteiger partial charge in [-0.05, 0) is 89.3 Å². The molecule has 3 aromatic rings. The van der Waals surface area contributed by atoms with Crippen molar-refractivity contribution >= 4 is 45.6 Å². The smallest absolute Gasteiger partial charge is 0.186 e. The molecule has 0 atom stereocenters. The number of hydrogen-bond donors (Lipinski definition) is 0. The molecule has 4 nitrogen and oxygen atoms in total. The Morgan fingerprint density at radius 1 is 0.657 bits per heavy atom. The lowest BCUT2D eigenvalue weighted by molar-refractivity contribution is 0.0953. The number of nitrogens with zero attached hydrogens (tertiary/aromatic N) is 2. The van der Waals surface area contributed by atoms with E-state index in [2.05, 4.69) is 26.0 Å². The van der Waals surface area contributed by atoms with Gasteiger partial charge in [-0.15, -0.1) is 34.0 Å². The van der Waals surface area contributed by atoms with E-state index >= 15 is 0 Å². The normalized spacial score (nSPS) is 11.7. The van der Waals surface area contributed by atoms with E-state index < -0.39 is 0 Å². The van der Waals surface area contributed by atoms with Crippen LogP contribution < -0.4 is 0 Å². The lowest BCUT2D eigenvalue weighted by Crippen LogP contribution is -2.20. The van der Waals surface area contributed by atoms with Crippen LogP contribution in [0.4, 0.5) is 0 Å². The quantitative estimate of drug-likeness (QED) is 0.204. The van der Waals surface area contributed by atoms with Gasteiger partial charge in [-0.2, -0.15) is 0 Å². The first kappa shape index (κ1) is 27.9. The first-order valence-corrected chi connectivity index (χ1v) is 14.9. The maximum atomic E-state index is 12.7. The lowest BCUT2D eigenvalue weighted by Gasteiger charge is -2.08. The van der Waals surface area contributed by atoms with Crippen molar-refractivity contribution in [2.45, 2.75) is 52.4 Å². The molecule has 3 rings (SSSR count). The summed E-state index contributed by atoms with van der Waals surface area (Å²) >= 11 is 5.09. The predicted octanol–water partition coefficient (Wildman–Crippen LogP) is 7.38. The summed E-state index contributed by atoms with van der Waals surface area (Å²) in [4.78, 5) is 35.8. The van der Waals surface area contributed by atoms with Crippen LogP contribution in [-0.2, 0) is 12.8 Å². The lowest BCUT2D eigenvalue weighted by atomic mass is 9.97. The Balaban J connectivity index is 2.07. The van der Waals surface area contributed by atoms with Gasteiger partial charge in [0.15, 0.2) is 11.6 Å². The van der Waals surface area contributed by atoms with Gasteiger partial charge in [-0.3, -0.25) is 9.59 Å². The van der Waals surface area contributed by atoms with E-state index in [4.69, 9.17) is 0 Å². The van der Waals surface area contributed by atoms with Gasteiger partial charge < -0.3 is 9.80 Å². The van der Waals surface area contributed by atoms with Crippen LogP contribution in [0.15, 0.2) is 24.3 Å². The summed E-state index contributed by atoms with van der Waals surface area (Å²) in [6.45, 7) is 5.34. The van der Waals surface area contributed by atoms with E-state index in [9.17, 15) is 9.59 Å². The highest BCUT2D eigenvalue weighted by Gasteiger charge is 2.23. The average Bonchev–Trinajstić information content (AvgIpc) is 3.53. The van der Waals surface area contributed by atoms with Crippen molar-refractivity contribution in [3.05, 3.63) is 45.1 Å². The second kappa shape index (κ2) is 13.1. The van der Waals surface area contributed by atoms with Crippen LogP contribution in [0.5, 0.6) is 0 Å². The van der Waals surface area contributed by atoms with Gasteiger partial charge in [0.1, 0.15) is 0 Å². The van der Waals surface area contributed by atoms with Crippen LogP contribution >= 0.6 is 34.0 Å². The number of thiophene rings is 3. The third kappa shape index (κ3) is 7.20. The second-order valence-corrected chi connectivity index (χ2v) is 12.8. The molecule has 0 unspecified atom stereocenters. The number of carbonyl (C=O) groups is 2. The standard InChI is InChI=1S/C28H38N2O2S3/c1-7-9-11-19-20(12-10-8-2)28(26-16-14-24(34-26)22(32)18-30(5)6)35-27(19)25-15-13-23(33-25)21(31)17-29(3)4/h13-16H,7-12,17-18H2,1-6H3. The fourth-order valence-corrected chi connectivity index (χ4v) is 7.63. The largest absolute Gasteiger partial charge is 0.302 e. The van der Waals surface area contributed by atoms with Gasteiger partial charge in [-0.1, -0.05) is 26.7 Å². The Morgan fingerprint density at radius 2 is 1.06 bits per heavy atom. The zero-order chi connectivity index (χ0) is 25.5. The Labute approximate surface area is 222 Å². The molecule has 0 aliphatic rings. The van der Waals surface area contributed by atoms with Gasteiger partial charge in [0.2, 0.25) is 0 Å². The molecule has 0 aromatic carbocycles. The molecule has 35 heavy (non-hydrogen) atoms. The molecule has 0 radical (unpaired) electrons. The molecule has 3 aromatic heterocycles. The zero-order valence-corrected chi connectivity index (χ0v) is 24.4. The van der Waals surface area contributed by atoms with E-state index in [0.717, 1.165) is 48.3 Å². The van der Waals surface area contributed by atoms with Crippen LogP contribution in [0.2, 0.25) is 0 Å². The highest BCUT2D eigenvalue weighted by atomic mass is 32.1. The first-order valence-electron chi connectivity index (χ1n) is 12.5. The molecule has 0 amide bonds. The van der Waals surface area contributed by atoms with Gasteiger partial charge in [0.25, 0.3) is 0 Å². The molecule has 0 saturated carbocycles. The molecule has 0 fully saturated rings. The van der Waals surface area contributed by atoms with Crippen LogP contribution in [0, 0.1) is 0 Å². The summed E-state index contributed by atoms with van der Waals surface area (Å²) in [6.07, 6.45) is 6.71. The van der Waals surface area contributed by atoms with E-state index in [1.54, 1.807) is 22.7 Å². The molecular formula is C28H38N2O2S3. The van der Waals surface area contributed by atoms with Gasteiger partial charge in [0, 0.05) is 19.5 Å². The first-order chi connectivity index (χ1) is 16.7. The Hall–Kier alpha value is -1.64. The van der Waals surface area contributed by atoms with E-state index in [1.165, 1.54) is 30.6 Å². The average molecular weight is 531 g/mol. The second-order valence-electron chi connectivity index (χ2n) is 9.57. The predicted molar refractivity (Wildman–Crippen MR) is 154 cm³/mol. The zero-order valence-electron chi connectivity index (χ0n) is 21.9. The van der Waals surface area contributed by atoms with Crippen molar-refractivity contribution < 1.29 is 9.59 Å². The Bertz CT molecular complexity index is 1050. The number of rotatable bonds is 14. The summed E-state index contributed by atoms with van der Waals surface area (Å²) < 4.78 is 0. The van der Waals surface area contributed by atoms with Crippen molar-refractivity contribution in [1.29, 1.82) is 0 Å². The summed E-state index contributed by atoms with van der Waals surface area (Å²) in [7, 11) is 7.72. The van der Waals surface area contributed by atoms with Crippen LogP contribution in [-0.4, -0.2) is 62.6 Å².